The first-order valence-corrected chi connectivity index (χ1v) is 9.78. The number of hydrogen-bond donors (Lipinski definition) is 1. The number of aromatic nitrogens is 1. The molecule has 1 fully saturated rings. The number of rotatable bonds is 3. The number of carbonyl (C=O) groups excluding carboxylic acids is 2. The van der Waals surface area contributed by atoms with Crippen LogP contribution < -0.4 is 10.2 Å². The van der Waals surface area contributed by atoms with E-state index in [0.717, 1.165) is 37.7 Å². The van der Waals surface area contributed by atoms with Crippen LogP contribution in [0.15, 0.2) is 36.4 Å². The van der Waals surface area contributed by atoms with Gasteiger partial charge in [-0.15, -0.1) is 11.3 Å². The molecule has 0 saturated carbocycles. The van der Waals surface area contributed by atoms with Gasteiger partial charge in [0.15, 0.2) is 0 Å². The van der Waals surface area contributed by atoms with Crippen LogP contribution in [0, 0.1) is 26.7 Å². The highest BCUT2D eigenvalue weighted by atomic mass is 32.1. The molecular weight excluding hydrogens is 358 g/mol. The molecule has 0 unspecified atom stereocenters. The third-order valence-electron chi connectivity index (χ3n) is 5.13. The predicted molar refractivity (Wildman–Crippen MR) is 109 cm³/mol. The summed E-state index contributed by atoms with van der Waals surface area (Å²) in [7, 11) is 0. The van der Waals surface area contributed by atoms with Gasteiger partial charge in [-0.1, -0.05) is 12.1 Å². The lowest BCUT2D eigenvalue weighted by atomic mass is 10.1. The van der Waals surface area contributed by atoms with Gasteiger partial charge >= 0.3 is 0 Å². The number of thiazole rings is 1. The lowest BCUT2D eigenvalue weighted by molar-refractivity contribution is -0.122. The molecule has 0 radical (unpaired) electrons. The Morgan fingerprint density at radius 2 is 2.04 bits per heavy atom. The van der Waals surface area contributed by atoms with Crippen LogP contribution in [0.3, 0.4) is 0 Å². The van der Waals surface area contributed by atoms with Crippen LogP contribution in [-0.2, 0) is 9.59 Å². The molecule has 138 valence electrons. The van der Waals surface area contributed by atoms with Crippen LogP contribution in [-0.4, -0.2) is 23.3 Å². The minimum atomic E-state index is -0.351. The Balaban J connectivity index is 1.50. The van der Waals surface area contributed by atoms with E-state index in [1.807, 2.05) is 57.2 Å². The molecule has 1 aromatic heterocycles. The maximum atomic E-state index is 12.7. The summed E-state index contributed by atoms with van der Waals surface area (Å²) in [5.74, 6) is -0.467. The Bertz CT molecular complexity index is 1060. The maximum Gasteiger partial charge on any atom is 0.229 e. The number of nitrogens with zero attached hydrogens (tertiary/aromatic N) is 2. The lowest BCUT2D eigenvalue weighted by Gasteiger charge is -2.20. The number of aryl methyl sites for hydroxylation is 2. The molecule has 1 atom stereocenters. The third kappa shape index (κ3) is 3.32. The van der Waals surface area contributed by atoms with Crippen molar-refractivity contribution in [2.45, 2.75) is 27.2 Å². The standard InChI is InChI=1S/C21H21N3O2S/c1-12-5-4-6-18(13(12)2)24-11-15(9-20(24)25)21(26)23-16-7-8-17-19(10-16)27-14(3)22-17/h4-8,10,15H,9,11H2,1-3H3,(H,23,26)/t15-/m1/s1. The van der Waals surface area contributed by atoms with Gasteiger partial charge in [-0.05, 0) is 56.2 Å². The minimum Gasteiger partial charge on any atom is -0.326 e. The van der Waals surface area contributed by atoms with Crippen molar-refractivity contribution in [3.8, 4) is 0 Å². The maximum absolute atomic E-state index is 12.7. The second-order valence-corrected chi connectivity index (χ2v) is 8.26. The number of fused-ring (bicyclic) bond motifs is 1. The zero-order chi connectivity index (χ0) is 19.1. The highest BCUT2D eigenvalue weighted by Crippen LogP contribution is 2.30. The summed E-state index contributed by atoms with van der Waals surface area (Å²) in [4.78, 5) is 31.4. The van der Waals surface area contributed by atoms with E-state index in [0.29, 0.717) is 6.54 Å². The number of amides is 2. The number of benzene rings is 2. The Hall–Kier alpha value is -2.73. The molecule has 1 N–H and O–H groups in total. The first-order valence-electron chi connectivity index (χ1n) is 8.97. The van der Waals surface area contributed by atoms with Gasteiger partial charge in [-0.3, -0.25) is 9.59 Å². The van der Waals surface area contributed by atoms with Crippen LogP contribution in [0.1, 0.15) is 22.6 Å². The highest BCUT2D eigenvalue weighted by Gasteiger charge is 2.35. The Morgan fingerprint density at radius 1 is 1.22 bits per heavy atom. The first-order chi connectivity index (χ1) is 12.9. The summed E-state index contributed by atoms with van der Waals surface area (Å²) in [5, 5.41) is 3.96. The van der Waals surface area contributed by atoms with Crippen molar-refractivity contribution < 1.29 is 9.59 Å². The molecule has 0 aliphatic carbocycles. The van der Waals surface area contributed by atoms with Gasteiger partial charge in [-0.25, -0.2) is 4.98 Å². The van der Waals surface area contributed by atoms with Gasteiger partial charge in [0.1, 0.15) is 0 Å². The average molecular weight is 379 g/mol. The fourth-order valence-electron chi connectivity index (χ4n) is 3.51. The molecule has 0 bridgehead atoms. The normalized spacial score (nSPS) is 16.9. The van der Waals surface area contributed by atoms with Crippen LogP contribution in [0.25, 0.3) is 10.2 Å². The molecule has 2 aromatic carbocycles. The summed E-state index contributed by atoms with van der Waals surface area (Å²) >= 11 is 1.60. The van der Waals surface area contributed by atoms with E-state index in [9.17, 15) is 9.59 Å². The van der Waals surface area contributed by atoms with Gasteiger partial charge < -0.3 is 10.2 Å². The van der Waals surface area contributed by atoms with Crippen LogP contribution in [0.2, 0.25) is 0 Å². The predicted octanol–water partition coefficient (Wildman–Crippen LogP) is 4.21. The van der Waals surface area contributed by atoms with Crippen LogP contribution >= 0.6 is 11.3 Å². The van der Waals surface area contributed by atoms with E-state index in [1.54, 1.807) is 16.2 Å². The van der Waals surface area contributed by atoms with E-state index >= 15 is 0 Å². The Morgan fingerprint density at radius 3 is 2.85 bits per heavy atom. The van der Waals surface area contributed by atoms with Gasteiger partial charge in [-0.2, -0.15) is 0 Å². The summed E-state index contributed by atoms with van der Waals surface area (Å²) in [5.41, 5.74) is 4.80. The SMILES string of the molecule is Cc1nc2ccc(NC(=O)[C@@H]3CC(=O)N(c4cccc(C)c4C)C3)cc2s1. The van der Waals surface area contributed by atoms with Crippen LogP contribution in [0.4, 0.5) is 11.4 Å². The van der Waals surface area contributed by atoms with E-state index in [2.05, 4.69) is 10.3 Å². The fourth-order valence-corrected chi connectivity index (χ4v) is 4.37. The van der Waals surface area contributed by atoms with Crippen molar-refractivity contribution in [1.82, 2.24) is 4.98 Å². The van der Waals surface area contributed by atoms with Crippen LogP contribution in [0.5, 0.6) is 0 Å². The fraction of sp³-hybridized carbons (Fsp3) is 0.286. The zero-order valence-electron chi connectivity index (χ0n) is 15.6. The molecule has 1 aliphatic heterocycles. The van der Waals surface area contributed by atoms with Gasteiger partial charge in [0.05, 0.1) is 21.1 Å². The molecule has 4 rings (SSSR count). The molecule has 1 aliphatic rings. The van der Waals surface area contributed by atoms with Crippen molar-refractivity contribution in [3.05, 3.63) is 52.5 Å². The Kier molecular flexibility index (Phi) is 4.44. The molecule has 2 amide bonds. The molecular formula is C21H21N3O2S. The second-order valence-electron chi connectivity index (χ2n) is 7.03. The first kappa shape index (κ1) is 17.7. The van der Waals surface area contributed by atoms with E-state index in [-0.39, 0.29) is 24.2 Å². The molecule has 1 saturated heterocycles. The summed E-state index contributed by atoms with van der Waals surface area (Å²) < 4.78 is 1.05. The van der Waals surface area contributed by atoms with E-state index in [4.69, 9.17) is 0 Å². The molecule has 5 nitrogen and oxygen atoms in total. The van der Waals surface area contributed by atoms with Crippen molar-refractivity contribution in [1.29, 1.82) is 0 Å². The smallest absolute Gasteiger partial charge is 0.229 e. The molecule has 0 spiro atoms. The number of hydrogen-bond acceptors (Lipinski definition) is 4. The Labute approximate surface area is 162 Å². The van der Waals surface area contributed by atoms with Crippen molar-refractivity contribution in [2.75, 3.05) is 16.8 Å². The number of nitrogens with one attached hydrogen (secondary N) is 1. The quantitative estimate of drug-likeness (QED) is 0.741. The number of anilines is 2. The molecule has 27 heavy (non-hydrogen) atoms. The summed E-state index contributed by atoms with van der Waals surface area (Å²) in [6.07, 6.45) is 0.237. The third-order valence-corrected chi connectivity index (χ3v) is 6.06. The van der Waals surface area contributed by atoms with Gasteiger partial charge in [0.25, 0.3) is 0 Å². The topological polar surface area (TPSA) is 62.3 Å². The molecule has 2 heterocycles. The second kappa shape index (κ2) is 6.78. The summed E-state index contributed by atoms with van der Waals surface area (Å²) in [6.45, 7) is 6.42. The highest BCUT2D eigenvalue weighted by molar-refractivity contribution is 7.18. The largest absolute Gasteiger partial charge is 0.326 e. The summed E-state index contributed by atoms with van der Waals surface area (Å²) in [6, 6.07) is 11.6. The van der Waals surface area contributed by atoms with Crippen molar-refractivity contribution in [3.63, 3.8) is 0 Å². The average Bonchev–Trinajstić information content (AvgIpc) is 3.19. The van der Waals surface area contributed by atoms with E-state index in [1.165, 1.54) is 0 Å². The zero-order valence-corrected chi connectivity index (χ0v) is 16.4. The van der Waals surface area contributed by atoms with Gasteiger partial charge in [0.2, 0.25) is 11.8 Å². The minimum absolute atomic E-state index is 0.00242. The number of carbonyl (C=O) groups is 2. The van der Waals surface area contributed by atoms with Gasteiger partial charge in [0, 0.05) is 24.3 Å². The molecule has 6 heteroatoms. The lowest BCUT2D eigenvalue weighted by Crippen LogP contribution is -2.28. The van der Waals surface area contributed by atoms with Crippen molar-refractivity contribution >= 4 is 44.7 Å². The van der Waals surface area contributed by atoms with Crippen molar-refractivity contribution in [2.24, 2.45) is 5.92 Å². The monoisotopic (exact) mass is 379 g/mol. The molecule has 3 aromatic rings. The van der Waals surface area contributed by atoms with E-state index < -0.39 is 0 Å².